The van der Waals surface area contributed by atoms with Crippen molar-refractivity contribution < 1.29 is 9.90 Å². The number of benzene rings is 1. The molecule has 0 unspecified atom stereocenters. The van der Waals surface area contributed by atoms with E-state index in [4.69, 9.17) is 0 Å². The summed E-state index contributed by atoms with van der Waals surface area (Å²) in [6.07, 6.45) is 7.82. The van der Waals surface area contributed by atoms with Crippen molar-refractivity contribution in [2.45, 2.75) is 25.7 Å². The molecule has 0 heterocycles. The van der Waals surface area contributed by atoms with Crippen LogP contribution in [-0.4, -0.2) is 17.6 Å². The van der Waals surface area contributed by atoms with Gasteiger partial charge in [0.1, 0.15) is 5.75 Å². The number of phenolic OH excluding ortho intramolecular Hbond substituents is 1. The Balaban J connectivity index is 1.68. The average Bonchev–Trinajstić information content (AvgIpc) is 2.82. The molecule has 0 radical (unpaired) electrons. The fourth-order valence-corrected chi connectivity index (χ4v) is 2.23. The predicted molar refractivity (Wildman–Crippen MR) is 71.3 cm³/mol. The topological polar surface area (TPSA) is 49.3 Å². The number of hydrogen-bond donors (Lipinski definition) is 2. The van der Waals surface area contributed by atoms with Crippen LogP contribution in [0.3, 0.4) is 0 Å². The first kappa shape index (κ1) is 12.7. The number of amides is 1. The van der Waals surface area contributed by atoms with Crippen molar-refractivity contribution in [2.75, 3.05) is 6.54 Å². The van der Waals surface area contributed by atoms with E-state index >= 15 is 0 Å². The molecule has 3 nitrogen and oxygen atoms in total. The van der Waals surface area contributed by atoms with Gasteiger partial charge in [-0.1, -0.05) is 24.3 Å². The van der Waals surface area contributed by atoms with E-state index in [9.17, 15) is 9.90 Å². The lowest BCUT2D eigenvalue weighted by Crippen LogP contribution is -2.26. The molecule has 96 valence electrons. The maximum Gasteiger partial charge on any atom is 0.220 e. The fraction of sp³-hybridized carbons (Fsp3) is 0.400. The number of aromatic hydroxyl groups is 1. The van der Waals surface area contributed by atoms with Crippen molar-refractivity contribution in [1.82, 2.24) is 5.32 Å². The van der Waals surface area contributed by atoms with Gasteiger partial charge in [0.05, 0.1) is 0 Å². The van der Waals surface area contributed by atoms with Gasteiger partial charge in [0.25, 0.3) is 0 Å². The average molecular weight is 245 g/mol. The monoisotopic (exact) mass is 245 g/mol. The number of hydrogen-bond acceptors (Lipinski definition) is 2. The number of allylic oxidation sites excluding steroid dienone is 2. The van der Waals surface area contributed by atoms with E-state index in [0.717, 1.165) is 24.8 Å². The second kappa shape index (κ2) is 6.24. The van der Waals surface area contributed by atoms with Crippen molar-refractivity contribution >= 4 is 5.91 Å². The summed E-state index contributed by atoms with van der Waals surface area (Å²) in [7, 11) is 0. The van der Waals surface area contributed by atoms with Gasteiger partial charge < -0.3 is 10.4 Å². The Bertz CT molecular complexity index is 440. The lowest BCUT2D eigenvalue weighted by molar-refractivity contribution is -0.121. The molecule has 0 fully saturated rings. The molecule has 3 heteroatoms. The minimum atomic E-state index is 0.117. The third-order valence-corrected chi connectivity index (χ3v) is 3.21. The van der Waals surface area contributed by atoms with Gasteiger partial charge in [-0.25, -0.2) is 0 Å². The highest BCUT2D eigenvalue weighted by Gasteiger charge is 2.13. The largest absolute Gasteiger partial charge is 0.508 e. The third-order valence-electron chi connectivity index (χ3n) is 3.21. The number of nitrogens with one attached hydrogen (secondary N) is 1. The van der Waals surface area contributed by atoms with Crippen LogP contribution < -0.4 is 5.32 Å². The highest BCUT2D eigenvalue weighted by Crippen LogP contribution is 2.19. The van der Waals surface area contributed by atoms with Gasteiger partial charge in [0.2, 0.25) is 5.91 Å². The van der Waals surface area contributed by atoms with E-state index in [1.54, 1.807) is 12.1 Å². The van der Waals surface area contributed by atoms with Crippen molar-refractivity contribution in [3.8, 4) is 5.75 Å². The molecule has 1 aliphatic rings. The van der Waals surface area contributed by atoms with E-state index in [1.807, 2.05) is 12.1 Å². The van der Waals surface area contributed by atoms with E-state index in [0.29, 0.717) is 18.9 Å². The minimum absolute atomic E-state index is 0.117. The summed E-state index contributed by atoms with van der Waals surface area (Å²) in [6.45, 7) is 0.624. The maximum absolute atomic E-state index is 11.7. The number of carbonyl (C=O) groups excluding carboxylic acids is 1. The Morgan fingerprint density at radius 3 is 3.06 bits per heavy atom. The normalized spacial score (nSPS) is 17.9. The summed E-state index contributed by atoms with van der Waals surface area (Å²) in [4.78, 5) is 11.7. The van der Waals surface area contributed by atoms with Crippen LogP contribution in [0, 0.1) is 5.92 Å². The van der Waals surface area contributed by atoms with Crippen LogP contribution in [0.4, 0.5) is 0 Å². The first-order chi connectivity index (χ1) is 8.74. The highest BCUT2D eigenvalue weighted by molar-refractivity contribution is 5.76. The van der Waals surface area contributed by atoms with E-state index in [1.165, 1.54) is 0 Å². The van der Waals surface area contributed by atoms with Crippen molar-refractivity contribution in [3.05, 3.63) is 42.0 Å². The molecule has 1 aromatic rings. The Hall–Kier alpha value is -1.77. The summed E-state index contributed by atoms with van der Waals surface area (Å²) in [5, 5.41) is 12.2. The van der Waals surface area contributed by atoms with Gasteiger partial charge in [-0.2, -0.15) is 0 Å². The maximum atomic E-state index is 11.7. The Morgan fingerprint density at radius 1 is 1.44 bits per heavy atom. The molecule has 0 spiro atoms. The minimum Gasteiger partial charge on any atom is -0.508 e. The zero-order valence-electron chi connectivity index (χ0n) is 10.4. The molecule has 18 heavy (non-hydrogen) atoms. The SMILES string of the molecule is O=C(C[C@@H]1C=CCC1)NCCc1cccc(O)c1. The van der Waals surface area contributed by atoms with Crippen LogP contribution in [0.25, 0.3) is 0 Å². The standard InChI is InChI=1S/C15H19NO2/c17-14-7-3-6-13(10-14)8-9-16-15(18)11-12-4-1-2-5-12/h1,3-4,6-7,10,12,17H,2,5,8-9,11H2,(H,16,18)/t12-/m1/s1. The molecular weight excluding hydrogens is 226 g/mol. The molecule has 0 saturated carbocycles. The summed E-state index contributed by atoms with van der Waals surface area (Å²) in [5.74, 6) is 0.812. The van der Waals surface area contributed by atoms with Crippen LogP contribution in [0.15, 0.2) is 36.4 Å². The quantitative estimate of drug-likeness (QED) is 0.783. The lowest BCUT2D eigenvalue weighted by Gasteiger charge is -2.08. The molecule has 0 aromatic heterocycles. The number of phenols is 1. The predicted octanol–water partition coefficient (Wildman–Crippen LogP) is 2.41. The number of rotatable bonds is 5. The van der Waals surface area contributed by atoms with Crippen LogP contribution in [0.2, 0.25) is 0 Å². The first-order valence-corrected chi connectivity index (χ1v) is 6.45. The Morgan fingerprint density at radius 2 is 2.33 bits per heavy atom. The fourth-order valence-electron chi connectivity index (χ4n) is 2.23. The first-order valence-electron chi connectivity index (χ1n) is 6.45. The molecule has 0 saturated heterocycles. The second-order valence-corrected chi connectivity index (χ2v) is 4.74. The third kappa shape index (κ3) is 3.91. The van der Waals surface area contributed by atoms with Gasteiger partial charge in [-0.3, -0.25) is 4.79 Å². The van der Waals surface area contributed by atoms with Crippen LogP contribution in [0.1, 0.15) is 24.8 Å². The summed E-state index contributed by atoms with van der Waals surface area (Å²) < 4.78 is 0. The zero-order chi connectivity index (χ0) is 12.8. The van der Waals surface area contributed by atoms with Crippen LogP contribution >= 0.6 is 0 Å². The zero-order valence-corrected chi connectivity index (χ0v) is 10.4. The van der Waals surface area contributed by atoms with Crippen LogP contribution in [-0.2, 0) is 11.2 Å². The Labute approximate surface area is 108 Å². The molecule has 1 amide bonds. The smallest absolute Gasteiger partial charge is 0.220 e. The van der Waals surface area contributed by atoms with E-state index in [2.05, 4.69) is 17.5 Å². The van der Waals surface area contributed by atoms with Gasteiger partial charge in [0, 0.05) is 13.0 Å². The lowest BCUT2D eigenvalue weighted by atomic mass is 10.0. The molecule has 1 aromatic carbocycles. The van der Waals surface area contributed by atoms with Gasteiger partial charge in [0.15, 0.2) is 0 Å². The summed E-state index contributed by atoms with van der Waals surface area (Å²) in [5.41, 5.74) is 1.04. The summed E-state index contributed by atoms with van der Waals surface area (Å²) >= 11 is 0. The van der Waals surface area contributed by atoms with E-state index < -0.39 is 0 Å². The van der Waals surface area contributed by atoms with Gasteiger partial charge in [-0.05, 0) is 42.9 Å². The Kier molecular flexibility index (Phi) is 4.40. The second-order valence-electron chi connectivity index (χ2n) is 4.74. The van der Waals surface area contributed by atoms with Gasteiger partial charge in [-0.15, -0.1) is 0 Å². The molecule has 2 N–H and O–H groups in total. The van der Waals surface area contributed by atoms with E-state index in [-0.39, 0.29) is 11.7 Å². The molecule has 1 aliphatic carbocycles. The van der Waals surface area contributed by atoms with Crippen molar-refractivity contribution in [3.63, 3.8) is 0 Å². The van der Waals surface area contributed by atoms with Crippen molar-refractivity contribution in [2.24, 2.45) is 5.92 Å². The molecule has 0 aliphatic heterocycles. The molecule has 0 bridgehead atoms. The van der Waals surface area contributed by atoms with Crippen molar-refractivity contribution in [1.29, 1.82) is 0 Å². The van der Waals surface area contributed by atoms with Gasteiger partial charge >= 0.3 is 0 Å². The molecular formula is C15H19NO2. The summed E-state index contributed by atoms with van der Waals surface area (Å²) in [6, 6.07) is 7.14. The number of carbonyl (C=O) groups is 1. The molecule has 2 rings (SSSR count). The highest BCUT2D eigenvalue weighted by atomic mass is 16.3. The molecule has 1 atom stereocenters. The van der Waals surface area contributed by atoms with Crippen LogP contribution in [0.5, 0.6) is 5.75 Å².